The fourth-order valence-corrected chi connectivity index (χ4v) is 2.11. The van der Waals surface area contributed by atoms with Crippen LogP contribution in [0.25, 0.3) is 0 Å². The maximum atomic E-state index is 5.73. The van der Waals surface area contributed by atoms with Crippen molar-refractivity contribution in [3.05, 3.63) is 58.6 Å². The minimum Gasteiger partial charge on any atom is -0.446 e. The highest BCUT2D eigenvalue weighted by Crippen LogP contribution is 2.34. The van der Waals surface area contributed by atoms with Gasteiger partial charge in [-0.2, -0.15) is 0 Å². The molecule has 0 amide bonds. The monoisotopic (exact) mass is 488 g/mol. The summed E-state index contributed by atoms with van der Waals surface area (Å²) in [7, 11) is 0. The van der Waals surface area contributed by atoms with E-state index < -0.39 is 7.96 Å². The Hall–Kier alpha value is 0.360. The van der Waals surface area contributed by atoms with Crippen LogP contribution in [0.15, 0.2) is 48.5 Å². The second-order valence-corrected chi connectivity index (χ2v) is 9.18. The summed E-state index contributed by atoms with van der Waals surface area (Å²) in [5.74, 6) is 0.804. The number of halogens is 8. The number of hydrogen-bond acceptors (Lipinski definition) is 2. The van der Waals surface area contributed by atoms with Gasteiger partial charge in [-0.15, -0.1) is 0 Å². The molecule has 2 aromatic rings. The Morgan fingerprint density at radius 1 is 0.625 bits per heavy atom. The van der Waals surface area contributed by atoms with Crippen LogP contribution in [0, 0.1) is 0 Å². The van der Waals surface area contributed by atoms with Crippen LogP contribution in [0.2, 0.25) is 10.0 Å². The zero-order valence-electron chi connectivity index (χ0n) is 11.5. The summed E-state index contributed by atoms with van der Waals surface area (Å²) >= 11 is 43.7. The minimum atomic E-state index is -1.77. The Bertz CT molecular complexity index is 634. The van der Waals surface area contributed by atoms with Crippen LogP contribution in [-0.4, -0.2) is 7.96 Å². The smallest absolute Gasteiger partial charge is 0.338 e. The lowest BCUT2D eigenvalue weighted by Gasteiger charge is -2.14. The van der Waals surface area contributed by atoms with E-state index in [4.69, 9.17) is 102 Å². The van der Waals surface area contributed by atoms with E-state index in [1.54, 1.807) is 48.5 Å². The van der Waals surface area contributed by atoms with Crippen molar-refractivity contribution in [2.45, 2.75) is 7.96 Å². The summed E-state index contributed by atoms with van der Waals surface area (Å²) in [5.41, 5.74) is 0. The highest BCUT2D eigenvalue weighted by Gasteiger charge is 2.22. The zero-order chi connectivity index (χ0) is 18.4. The summed E-state index contributed by atoms with van der Waals surface area (Å²) in [6.07, 6.45) is 0. The lowest BCUT2D eigenvalue weighted by atomic mass is 10.3. The van der Waals surface area contributed by atoms with Gasteiger partial charge in [0, 0.05) is 5.02 Å². The first-order valence-electron chi connectivity index (χ1n) is 5.98. The molecule has 2 aromatic carbocycles. The normalized spacial score (nSPS) is 11.3. The molecule has 0 spiro atoms. The third kappa shape index (κ3) is 10.4. The topological polar surface area (TPSA) is 18.5 Å². The molecule has 0 bridgehead atoms. The molecule has 2 nitrogen and oxygen atoms in total. The highest BCUT2D eigenvalue weighted by atomic mass is 35.6. The summed E-state index contributed by atoms with van der Waals surface area (Å²) < 4.78 is 6.29. The molecule has 0 aromatic heterocycles. The molecule has 0 N–H and O–H groups in total. The van der Waals surface area contributed by atoms with E-state index in [9.17, 15) is 0 Å². The molecule has 24 heavy (non-hydrogen) atoms. The van der Waals surface area contributed by atoms with E-state index in [1.807, 2.05) is 0 Å². The van der Waals surface area contributed by atoms with E-state index in [0.29, 0.717) is 21.5 Å². The standard InChI is InChI=1S/2C7H4Cl4O/c8-5-1-3-6(4-2-5)12-7(9,10)11;8-5-3-1-2-4-6(5)12-7(9,10)11/h2*1-4H. The maximum Gasteiger partial charge on any atom is 0.338 e. The summed E-state index contributed by atoms with van der Waals surface area (Å²) in [4.78, 5) is 0. The van der Waals surface area contributed by atoms with E-state index in [2.05, 4.69) is 0 Å². The molecule has 0 saturated carbocycles. The third-order valence-electron chi connectivity index (χ3n) is 2.11. The molecule has 2 rings (SSSR count). The fourth-order valence-electron chi connectivity index (χ4n) is 1.29. The van der Waals surface area contributed by atoms with Crippen LogP contribution in [0.3, 0.4) is 0 Å². The molecule has 0 atom stereocenters. The van der Waals surface area contributed by atoms with Crippen LogP contribution < -0.4 is 9.47 Å². The van der Waals surface area contributed by atoms with Crippen LogP contribution in [0.5, 0.6) is 11.5 Å². The van der Waals surface area contributed by atoms with Crippen LogP contribution >= 0.6 is 92.8 Å². The molecule has 0 saturated heterocycles. The van der Waals surface area contributed by atoms with Gasteiger partial charge < -0.3 is 9.47 Å². The molecule has 132 valence electrons. The number of alkyl halides is 6. The van der Waals surface area contributed by atoms with Gasteiger partial charge in [-0.25, -0.2) is 0 Å². The van der Waals surface area contributed by atoms with Gasteiger partial charge >= 0.3 is 7.96 Å². The summed E-state index contributed by atoms with van der Waals surface area (Å²) in [6.45, 7) is 0. The van der Waals surface area contributed by atoms with Crippen molar-refractivity contribution in [3.63, 3.8) is 0 Å². The van der Waals surface area contributed by atoms with E-state index in [0.717, 1.165) is 0 Å². The van der Waals surface area contributed by atoms with Crippen molar-refractivity contribution in [2.24, 2.45) is 0 Å². The van der Waals surface area contributed by atoms with Crippen molar-refractivity contribution in [3.8, 4) is 11.5 Å². The van der Waals surface area contributed by atoms with Gasteiger partial charge in [0.25, 0.3) is 0 Å². The van der Waals surface area contributed by atoms with Gasteiger partial charge in [-0.05, 0) is 106 Å². The van der Waals surface area contributed by atoms with Crippen molar-refractivity contribution in [1.29, 1.82) is 0 Å². The number of para-hydroxylation sites is 1. The van der Waals surface area contributed by atoms with Gasteiger partial charge in [0.2, 0.25) is 0 Å². The first-order chi connectivity index (χ1) is 11.0. The van der Waals surface area contributed by atoms with Crippen molar-refractivity contribution in [2.75, 3.05) is 0 Å². The van der Waals surface area contributed by atoms with Gasteiger partial charge in [-0.1, -0.05) is 35.3 Å². The Morgan fingerprint density at radius 3 is 1.58 bits per heavy atom. The predicted octanol–water partition coefficient (Wildman–Crippen LogP) is 8.09. The van der Waals surface area contributed by atoms with E-state index >= 15 is 0 Å². The summed E-state index contributed by atoms with van der Waals surface area (Å²) in [5, 5.41) is 1.01. The molecule has 0 fully saturated rings. The molecular weight excluding hydrogens is 484 g/mol. The number of ether oxygens (including phenoxy) is 2. The molecule has 0 aliphatic heterocycles. The molecule has 0 heterocycles. The zero-order valence-corrected chi connectivity index (χ0v) is 17.5. The Labute approximate surface area is 179 Å². The first-order valence-corrected chi connectivity index (χ1v) is 9.00. The van der Waals surface area contributed by atoms with Gasteiger partial charge in [0.1, 0.15) is 11.5 Å². The fraction of sp³-hybridized carbons (Fsp3) is 0.143. The minimum absolute atomic E-state index is 0.346. The van der Waals surface area contributed by atoms with Crippen molar-refractivity contribution < 1.29 is 9.47 Å². The molecule has 0 aliphatic rings. The molecular formula is C14H8Cl8O2. The van der Waals surface area contributed by atoms with Crippen LogP contribution in [-0.2, 0) is 0 Å². The van der Waals surface area contributed by atoms with Gasteiger partial charge in [0.05, 0.1) is 5.02 Å². The lowest BCUT2D eigenvalue weighted by molar-refractivity contribution is 0.320. The van der Waals surface area contributed by atoms with E-state index in [1.165, 1.54) is 0 Å². The Kier molecular flexibility index (Phi) is 9.23. The largest absolute Gasteiger partial charge is 0.446 e. The summed E-state index contributed by atoms with van der Waals surface area (Å²) in [6, 6.07) is 13.3. The lowest BCUT2D eigenvalue weighted by Crippen LogP contribution is -2.12. The second kappa shape index (κ2) is 9.89. The number of hydrogen-bond donors (Lipinski definition) is 0. The van der Waals surface area contributed by atoms with Crippen molar-refractivity contribution in [1.82, 2.24) is 0 Å². The van der Waals surface area contributed by atoms with E-state index in [-0.39, 0.29) is 0 Å². The first kappa shape index (κ1) is 22.4. The Morgan fingerprint density at radius 2 is 1.12 bits per heavy atom. The average molecular weight is 492 g/mol. The maximum absolute atomic E-state index is 5.73. The van der Waals surface area contributed by atoms with Crippen LogP contribution in [0.4, 0.5) is 0 Å². The van der Waals surface area contributed by atoms with Crippen LogP contribution in [0.1, 0.15) is 0 Å². The number of benzene rings is 2. The predicted molar refractivity (Wildman–Crippen MR) is 105 cm³/mol. The molecule has 0 unspecified atom stereocenters. The molecule has 10 heteroatoms. The Balaban J connectivity index is 0.000000240. The van der Waals surface area contributed by atoms with Gasteiger partial charge in [-0.3, -0.25) is 0 Å². The number of rotatable bonds is 2. The van der Waals surface area contributed by atoms with Crippen molar-refractivity contribution >= 4 is 92.8 Å². The third-order valence-corrected chi connectivity index (χ3v) is 3.14. The second-order valence-electron chi connectivity index (χ2n) is 3.98. The highest BCUT2D eigenvalue weighted by molar-refractivity contribution is 6.66. The average Bonchev–Trinajstić information content (AvgIpc) is 2.42. The van der Waals surface area contributed by atoms with Gasteiger partial charge in [0.15, 0.2) is 0 Å². The quantitative estimate of drug-likeness (QED) is 0.395. The molecule has 0 aliphatic carbocycles. The SMILES string of the molecule is Clc1ccc(OC(Cl)(Cl)Cl)cc1.Clc1ccccc1OC(Cl)(Cl)Cl. The molecule has 0 radical (unpaired) electrons.